The monoisotopic (exact) mass is 405 g/mol. The summed E-state index contributed by atoms with van der Waals surface area (Å²) < 4.78 is 0. The summed E-state index contributed by atoms with van der Waals surface area (Å²) in [6.45, 7) is 9.25. The van der Waals surface area contributed by atoms with E-state index in [2.05, 4.69) is 34.3 Å². The van der Waals surface area contributed by atoms with Crippen molar-refractivity contribution in [3.8, 4) is 0 Å². The van der Waals surface area contributed by atoms with Gasteiger partial charge in [0.15, 0.2) is 0 Å². The van der Waals surface area contributed by atoms with Gasteiger partial charge in [0.2, 0.25) is 5.91 Å². The van der Waals surface area contributed by atoms with Crippen molar-refractivity contribution in [2.24, 2.45) is 0 Å². The maximum absolute atomic E-state index is 12.8. The molecule has 2 aliphatic rings. The number of carbonyl (C=O) groups excluding carboxylic acids is 2. The molecule has 0 radical (unpaired) electrons. The highest BCUT2D eigenvalue weighted by Crippen LogP contribution is 2.26. The van der Waals surface area contributed by atoms with Gasteiger partial charge in [-0.2, -0.15) is 5.10 Å². The normalized spacial score (nSPS) is 24.5. The van der Waals surface area contributed by atoms with Crippen LogP contribution >= 0.6 is 0 Å². The average Bonchev–Trinajstić information content (AvgIpc) is 3.08. The highest BCUT2D eigenvalue weighted by Gasteiger charge is 2.35. The van der Waals surface area contributed by atoms with E-state index < -0.39 is 5.60 Å². The van der Waals surface area contributed by atoms with E-state index in [9.17, 15) is 14.7 Å². The molecule has 8 heteroatoms. The molecule has 29 heavy (non-hydrogen) atoms. The summed E-state index contributed by atoms with van der Waals surface area (Å²) in [5, 5.41) is 21.3. The fourth-order valence-corrected chi connectivity index (χ4v) is 4.38. The van der Waals surface area contributed by atoms with E-state index in [0.29, 0.717) is 44.1 Å². The number of piperidine rings is 1. The second kappa shape index (κ2) is 9.26. The van der Waals surface area contributed by atoms with Crippen molar-refractivity contribution < 1.29 is 14.7 Å². The number of hydrogen-bond donors (Lipinski definition) is 3. The molecule has 1 aromatic rings. The summed E-state index contributed by atoms with van der Waals surface area (Å²) in [5.41, 5.74) is 0.645. The summed E-state index contributed by atoms with van der Waals surface area (Å²) >= 11 is 0. The van der Waals surface area contributed by atoms with Gasteiger partial charge in [-0.25, -0.2) is 0 Å². The largest absolute Gasteiger partial charge is 0.388 e. The molecular weight excluding hydrogens is 370 g/mol. The van der Waals surface area contributed by atoms with E-state index in [1.807, 2.05) is 11.0 Å². The summed E-state index contributed by atoms with van der Waals surface area (Å²) in [4.78, 5) is 28.2. The van der Waals surface area contributed by atoms with Crippen molar-refractivity contribution in [1.82, 2.24) is 25.3 Å². The van der Waals surface area contributed by atoms with Crippen LogP contribution in [0.25, 0.3) is 0 Å². The smallest absolute Gasteiger partial charge is 0.274 e. The third-order valence-corrected chi connectivity index (χ3v) is 6.16. The molecule has 2 amide bonds. The van der Waals surface area contributed by atoms with E-state index in [4.69, 9.17) is 0 Å². The van der Waals surface area contributed by atoms with Crippen LogP contribution < -0.4 is 5.32 Å². The zero-order chi connectivity index (χ0) is 21.0. The number of nitrogens with one attached hydrogen (secondary N) is 2. The lowest BCUT2D eigenvalue weighted by atomic mass is 9.93. The van der Waals surface area contributed by atoms with Crippen LogP contribution in [0.3, 0.4) is 0 Å². The molecule has 2 aliphatic heterocycles. The van der Waals surface area contributed by atoms with Gasteiger partial charge in [-0.1, -0.05) is 13.8 Å². The number of rotatable bonds is 5. The van der Waals surface area contributed by atoms with E-state index >= 15 is 0 Å². The van der Waals surface area contributed by atoms with Crippen molar-refractivity contribution in [3.05, 3.63) is 17.5 Å². The topological polar surface area (TPSA) is 102 Å². The number of carbonyl (C=O) groups is 2. The number of likely N-dealkylation sites (tertiary alicyclic amines) is 2. The van der Waals surface area contributed by atoms with Gasteiger partial charge in [0.1, 0.15) is 5.69 Å². The van der Waals surface area contributed by atoms with Gasteiger partial charge in [-0.3, -0.25) is 14.7 Å². The number of H-pyrrole nitrogens is 1. The zero-order valence-electron chi connectivity index (χ0n) is 17.9. The summed E-state index contributed by atoms with van der Waals surface area (Å²) in [7, 11) is 0. The van der Waals surface area contributed by atoms with Gasteiger partial charge in [0.25, 0.3) is 5.91 Å². The first-order valence-corrected chi connectivity index (χ1v) is 10.8. The van der Waals surface area contributed by atoms with Gasteiger partial charge < -0.3 is 20.2 Å². The predicted molar refractivity (Wildman–Crippen MR) is 111 cm³/mol. The molecule has 1 aromatic heterocycles. The Balaban J connectivity index is 1.52. The van der Waals surface area contributed by atoms with Crippen LogP contribution in [0.4, 0.5) is 0 Å². The van der Waals surface area contributed by atoms with Gasteiger partial charge in [-0.05, 0) is 44.1 Å². The average molecular weight is 406 g/mol. The van der Waals surface area contributed by atoms with Crippen LogP contribution in [0.2, 0.25) is 0 Å². The Morgan fingerprint density at radius 3 is 2.62 bits per heavy atom. The first kappa shape index (κ1) is 21.8. The van der Waals surface area contributed by atoms with Crippen LogP contribution in [0.1, 0.15) is 75.0 Å². The minimum Gasteiger partial charge on any atom is -0.388 e. The van der Waals surface area contributed by atoms with E-state index in [1.165, 1.54) is 0 Å². The third-order valence-electron chi connectivity index (χ3n) is 6.16. The van der Waals surface area contributed by atoms with E-state index in [0.717, 1.165) is 38.0 Å². The number of aromatic nitrogens is 2. The molecule has 162 valence electrons. The van der Waals surface area contributed by atoms with Crippen LogP contribution in [-0.2, 0) is 4.79 Å². The lowest BCUT2D eigenvalue weighted by Gasteiger charge is -2.38. The number of amides is 2. The molecule has 3 heterocycles. The SMILES string of the molecule is CC(=O)NC1CCN(C[C@]2(O)CCCN(C(=O)c3cc(C(C)C)[nH]n3)CC2)CC1. The zero-order valence-corrected chi connectivity index (χ0v) is 17.9. The standard InChI is InChI=1S/C21H35N5O3/c1-15(2)18-13-19(24-23-18)20(28)26-9-4-7-21(29,8-12-26)14-25-10-5-17(6-11-25)22-16(3)27/h13,15,17,29H,4-12,14H2,1-3H3,(H,22,27)(H,23,24)/t21-/m0/s1. The fraction of sp³-hybridized carbons (Fsp3) is 0.762. The Labute approximate surface area is 173 Å². The van der Waals surface area contributed by atoms with Gasteiger partial charge >= 0.3 is 0 Å². The predicted octanol–water partition coefficient (Wildman–Crippen LogP) is 1.49. The first-order valence-electron chi connectivity index (χ1n) is 10.8. The maximum Gasteiger partial charge on any atom is 0.274 e. The number of hydrogen-bond acceptors (Lipinski definition) is 5. The Morgan fingerprint density at radius 1 is 1.28 bits per heavy atom. The first-order chi connectivity index (χ1) is 13.8. The van der Waals surface area contributed by atoms with Crippen LogP contribution in [0, 0.1) is 0 Å². The molecule has 0 aromatic carbocycles. The quantitative estimate of drug-likeness (QED) is 0.689. The molecule has 0 saturated carbocycles. The molecule has 1 atom stereocenters. The second-order valence-corrected chi connectivity index (χ2v) is 8.98. The summed E-state index contributed by atoms with van der Waals surface area (Å²) in [5.74, 6) is 0.259. The van der Waals surface area contributed by atoms with Crippen molar-refractivity contribution in [1.29, 1.82) is 0 Å². The van der Waals surface area contributed by atoms with Gasteiger partial charge in [-0.15, -0.1) is 0 Å². The second-order valence-electron chi connectivity index (χ2n) is 8.98. The van der Waals surface area contributed by atoms with Gasteiger partial charge in [0, 0.05) is 51.4 Å². The van der Waals surface area contributed by atoms with Gasteiger partial charge in [0.05, 0.1) is 5.60 Å². The highest BCUT2D eigenvalue weighted by molar-refractivity contribution is 5.92. The number of β-amino-alcohol motifs (C(OH)–C–C–N with tert-alkyl or cyclic N) is 1. The molecule has 8 nitrogen and oxygen atoms in total. The molecule has 0 unspecified atom stereocenters. The molecule has 2 fully saturated rings. The molecule has 3 N–H and O–H groups in total. The van der Waals surface area contributed by atoms with Crippen LogP contribution in [0.5, 0.6) is 0 Å². The van der Waals surface area contributed by atoms with E-state index in [1.54, 1.807) is 6.92 Å². The van der Waals surface area contributed by atoms with Crippen LogP contribution in [0.15, 0.2) is 6.07 Å². The van der Waals surface area contributed by atoms with E-state index in [-0.39, 0.29) is 17.9 Å². The van der Waals surface area contributed by atoms with Crippen LogP contribution in [-0.4, -0.2) is 81.3 Å². The number of aliphatic hydroxyl groups is 1. The molecule has 3 rings (SSSR count). The number of nitrogens with zero attached hydrogens (tertiary/aromatic N) is 3. The summed E-state index contributed by atoms with van der Waals surface area (Å²) in [6, 6.07) is 2.08. The molecule has 0 bridgehead atoms. The third kappa shape index (κ3) is 5.79. The Kier molecular flexibility index (Phi) is 6.95. The Bertz CT molecular complexity index is 711. The minimum atomic E-state index is -0.773. The molecule has 2 saturated heterocycles. The molecular formula is C21H35N5O3. The summed E-state index contributed by atoms with van der Waals surface area (Å²) in [6.07, 6.45) is 3.88. The molecule has 0 spiro atoms. The number of aromatic amines is 1. The Hall–Kier alpha value is -1.93. The highest BCUT2D eigenvalue weighted by atomic mass is 16.3. The lowest BCUT2D eigenvalue weighted by molar-refractivity contribution is -0.120. The van der Waals surface area contributed by atoms with Crippen molar-refractivity contribution in [3.63, 3.8) is 0 Å². The Morgan fingerprint density at radius 2 is 2.00 bits per heavy atom. The van der Waals surface area contributed by atoms with Crippen molar-refractivity contribution in [2.75, 3.05) is 32.7 Å². The molecule has 0 aliphatic carbocycles. The lowest BCUT2D eigenvalue weighted by Crippen LogP contribution is -2.50. The van der Waals surface area contributed by atoms with Crippen molar-refractivity contribution >= 4 is 11.8 Å². The van der Waals surface area contributed by atoms with Crippen molar-refractivity contribution in [2.45, 2.75) is 70.4 Å². The maximum atomic E-state index is 12.8. The fourth-order valence-electron chi connectivity index (χ4n) is 4.38. The minimum absolute atomic E-state index is 0.0213.